The molecule has 0 spiro atoms. The number of amides is 1. The van der Waals surface area contributed by atoms with Gasteiger partial charge in [0.2, 0.25) is 0 Å². The molecule has 2 heterocycles. The number of hydrogen-bond acceptors (Lipinski definition) is 14. The lowest BCUT2D eigenvalue weighted by atomic mass is 9.92. The van der Waals surface area contributed by atoms with Crippen LogP contribution in [0.4, 0.5) is 11.4 Å². The molecule has 0 aromatic heterocycles. The zero-order valence-corrected chi connectivity index (χ0v) is 40.3. The van der Waals surface area contributed by atoms with E-state index in [1.807, 2.05) is 55.5 Å². The van der Waals surface area contributed by atoms with E-state index >= 15 is 0 Å². The highest BCUT2D eigenvalue weighted by Gasteiger charge is 2.32. The zero-order chi connectivity index (χ0) is 54.2. The summed E-state index contributed by atoms with van der Waals surface area (Å²) in [6.45, 7) is 1.98. The lowest BCUT2D eigenvalue weighted by Crippen LogP contribution is -2.21. The third kappa shape index (κ3) is 12.8. The van der Waals surface area contributed by atoms with E-state index in [9.17, 15) is 48.6 Å². The van der Waals surface area contributed by atoms with Crippen molar-refractivity contribution < 1.29 is 67.5 Å². The van der Waals surface area contributed by atoms with Gasteiger partial charge in [0, 0.05) is 30.4 Å². The number of cyclic esters (lactones) is 4. The molecule has 0 fully saturated rings. The molecule has 7 N–H and O–H groups in total. The number of Topliss-reactive ketones (excluding diaryl/α,β-unsaturated/α-hetero) is 1. The first-order valence-corrected chi connectivity index (χ1v) is 23.0. The normalized spacial score (nSPS) is 11.7. The van der Waals surface area contributed by atoms with E-state index in [0.29, 0.717) is 39.3 Å². The van der Waals surface area contributed by atoms with Crippen LogP contribution in [0.2, 0.25) is 0 Å². The number of carbonyl (C=O) groups excluding carboxylic acids is 6. The molecule has 386 valence electrons. The predicted molar refractivity (Wildman–Crippen MR) is 285 cm³/mol. The summed E-state index contributed by atoms with van der Waals surface area (Å²) in [5, 5.41) is 21.5. The number of nitrogens with two attached hydrogens (primary N) is 2. The smallest absolute Gasteiger partial charge is 0.346 e. The lowest BCUT2D eigenvalue weighted by molar-refractivity contribution is 0.0425. The van der Waals surface area contributed by atoms with E-state index < -0.39 is 47.5 Å². The Bertz CT molecular complexity index is 3510. The van der Waals surface area contributed by atoms with Crippen molar-refractivity contribution in [3.63, 3.8) is 0 Å². The van der Waals surface area contributed by atoms with Gasteiger partial charge < -0.3 is 45.9 Å². The molecule has 0 aliphatic carbocycles. The van der Waals surface area contributed by atoms with E-state index in [-0.39, 0.29) is 58.4 Å². The van der Waals surface area contributed by atoms with Crippen molar-refractivity contribution in [3.8, 4) is 45.3 Å². The molecule has 10 rings (SSSR count). The standard InChI is InChI=1S/C31H25NO7.C16H6O6.C12H12N2O.CH4/c1-18-3-9-22(10-4-18)39-23-11-5-19(6-12-23)15-28(33)26-16-20(7-13-24(26)30(35)36)21-8-14-25(31(37)38)27(17-21)29(34)32-2;17-13-9-3-1-7(5-11(9)15(19)21-13)8-2-4-10-12(6-8)16(20)22-14(10)18;13-9-1-5-11(6-2-9)15-12-7-3-10(14)4-8-12;/h3-14,16-17H,15H2,1-2H3,(H,32,34)(H,35,36)(H,37,38);1-6H;1-8H,13-14H2;1H4. The lowest BCUT2D eigenvalue weighted by Gasteiger charge is -2.12. The molecule has 0 saturated heterocycles. The summed E-state index contributed by atoms with van der Waals surface area (Å²) in [6, 6.07) is 46.9. The number of nitrogen functional groups attached to an aromatic ring is 2. The van der Waals surface area contributed by atoms with Crippen molar-refractivity contribution in [1.29, 1.82) is 0 Å². The molecule has 17 nitrogen and oxygen atoms in total. The molecule has 0 atom stereocenters. The van der Waals surface area contributed by atoms with Crippen LogP contribution < -0.4 is 26.3 Å². The van der Waals surface area contributed by atoms with Gasteiger partial charge in [-0.05, 0) is 156 Å². The molecule has 8 aromatic rings. The molecule has 0 saturated carbocycles. The number of fused-ring (bicyclic) bond motifs is 2. The van der Waals surface area contributed by atoms with Crippen molar-refractivity contribution in [1.82, 2.24) is 5.32 Å². The number of ketones is 1. The third-order valence-electron chi connectivity index (χ3n) is 11.8. The van der Waals surface area contributed by atoms with E-state index in [1.165, 1.54) is 67.7 Å². The van der Waals surface area contributed by atoms with Gasteiger partial charge in [-0.25, -0.2) is 28.8 Å². The average molecular weight is 1030 g/mol. The fourth-order valence-corrected chi connectivity index (χ4v) is 7.81. The van der Waals surface area contributed by atoms with E-state index in [0.717, 1.165) is 28.4 Å². The topological polar surface area (TPSA) is 278 Å². The van der Waals surface area contributed by atoms with Crippen LogP contribution in [0.15, 0.2) is 170 Å². The molecule has 8 aromatic carbocycles. The van der Waals surface area contributed by atoms with Crippen LogP contribution in [0.3, 0.4) is 0 Å². The van der Waals surface area contributed by atoms with Crippen molar-refractivity contribution in [2.24, 2.45) is 0 Å². The Morgan fingerprint density at radius 3 is 1.22 bits per heavy atom. The second-order valence-electron chi connectivity index (χ2n) is 17.0. The SMILES string of the molecule is C.CNC(=O)c1cc(-c2ccc(C(=O)O)c(C(=O)Cc3ccc(Oc4ccc(C)cc4)cc3)c2)ccc1C(=O)O.Nc1ccc(Oc2ccc(N)cc2)cc1.O=C1OC(=O)c2cc(-c3ccc4c(c3)C(=O)OC4=O)ccc21. The third-order valence-corrected chi connectivity index (χ3v) is 11.8. The van der Waals surface area contributed by atoms with Crippen molar-refractivity contribution in [2.45, 2.75) is 20.8 Å². The fraction of sp³-hybridized carbons (Fsp3) is 0.0667. The Balaban J connectivity index is 0.000000189. The molecule has 2 aliphatic heterocycles. The minimum absolute atomic E-state index is 0. The molecule has 2 aliphatic rings. The number of aryl methyl sites for hydroxylation is 1. The van der Waals surface area contributed by atoms with Gasteiger partial charge in [-0.3, -0.25) is 9.59 Å². The Kier molecular flexibility index (Phi) is 16.5. The Labute approximate surface area is 440 Å². The maximum Gasteiger partial charge on any atom is 0.346 e. The number of carbonyl (C=O) groups is 8. The fourth-order valence-electron chi connectivity index (χ4n) is 7.81. The maximum atomic E-state index is 13.3. The first-order valence-electron chi connectivity index (χ1n) is 23.0. The number of hydrogen-bond donors (Lipinski definition) is 5. The van der Waals surface area contributed by atoms with Gasteiger partial charge in [0.05, 0.1) is 38.9 Å². The quantitative estimate of drug-likeness (QED) is 0.0329. The van der Waals surface area contributed by atoms with E-state index in [4.69, 9.17) is 20.9 Å². The number of carboxylic acid groups (broad SMARTS) is 2. The number of ether oxygens (including phenoxy) is 4. The number of esters is 4. The van der Waals surface area contributed by atoms with E-state index in [2.05, 4.69) is 14.8 Å². The van der Waals surface area contributed by atoms with Gasteiger partial charge in [0.25, 0.3) is 5.91 Å². The molecule has 0 radical (unpaired) electrons. The van der Waals surface area contributed by atoms with Crippen LogP contribution >= 0.6 is 0 Å². The summed E-state index contributed by atoms with van der Waals surface area (Å²) >= 11 is 0. The number of anilines is 2. The summed E-state index contributed by atoms with van der Waals surface area (Å²) in [4.78, 5) is 95.0. The zero-order valence-electron chi connectivity index (χ0n) is 40.3. The van der Waals surface area contributed by atoms with Gasteiger partial charge in [-0.2, -0.15) is 0 Å². The first-order chi connectivity index (χ1) is 36.4. The molecular weight excluding hydrogens is 987 g/mol. The van der Waals surface area contributed by atoms with Gasteiger partial charge in [0.15, 0.2) is 5.78 Å². The summed E-state index contributed by atoms with van der Waals surface area (Å²) in [5.74, 6) is -3.44. The minimum Gasteiger partial charge on any atom is -0.478 e. The maximum absolute atomic E-state index is 13.3. The number of nitrogens with one attached hydrogen (secondary N) is 1. The highest BCUT2D eigenvalue weighted by Crippen LogP contribution is 2.32. The molecule has 0 unspecified atom stereocenters. The summed E-state index contributed by atoms with van der Waals surface area (Å²) in [6.07, 6.45) is -0.0456. The predicted octanol–water partition coefficient (Wildman–Crippen LogP) is 10.9. The average Bonchev–Trinajstić information content (AvgIpc) is 3.89. The van der Waals surface area contributed by atoms with Gasteiger partial charge in [-0.1, -0.05) is 61.5 Å². The van der Waals surface area contributed by atoms with Crippen LogP contribution in [0, 0.1) is 6.92 Å². The molecule has 0 bridgehead atoms. The highest BCUT2D eigenvalue weighted by atomic mass is 16.6. The number of benzene rings is 8. The van der Waals surface area contributed by atoms with Crippen LogP contribution in [0.5, 0.6) is 23.0 Å². The summed E-state index contributed by atoms with van der Waals surface area (Å²) < 4.78 is 20.5. The molecule has 1 amide bonds. The van der Waals surface area contributed by atoms with Crippen LogP contribution in [-0.4, -0.2) is 64.8 Å². The molecule has 77 heavy (non-hydrogen) atoms. The Hall–Kier alpha value is -10.7. The largest absolute Gasteiger partial charge is 0.478 e. The first kappa shape index (κ1) is 54.1. The van der Waals surface area contributed by atoms with Gasteiger partial charge >= 0.3 is 35.8 Å². The number of carboxylic acids is 2. The Morgan fingerprint density at radius 1 is 0.455 bits per heavy atom. The number of aromatic carboxylic acids is 2. The Morgan fingerprint density at radius 2 is 0.805 bits per heavy atom. The minimum atomic E-state index is -1.26. The summed E-state index contributed by atoms with van der Waals surface area (Å²) in [5.41, 5.74) is 17.0. The van der Waals surface area contributed by atoms with Crippen LogP contribution in [0.1, 0.15) is 101 Å². The molecular formula is C60H47N3O14. The van der Waals surface area contributed by atoms with Gasteiger partial charge in [0.1, 0.15) is 23.0 Å². The van der Waals surface area contributed by atoms with Crippen LogP contribution in [-0.2, 0) is 15.9 Å². The highest BCUT2D eigenvalue weighted by molar-refractivity contribution is 6.16. The van der Waals surface area contributed by atoms with Crippen molar-refractivity contribution in [3.05, 3.63) is 225 Å². The number of rotatable bonds is 12. The second kappa shape index (κ2) is 23.5. The van der Waals surface area contributed by atoms with Crippen LogP contribution in [0.25, 0.3) is 22.3 Å². The molecule has 17 heteroatoms. The van der Waals surface area contributed by atoms with Gasteiger partial charge in [-0.15, -0.1) is 0 Å². The monoisotopic (exact) mass is 1030 g/mol. The van der Waals surface area contributed by atoms with E-state index in [1.54, 1.807) is 60.7 Å². The second-order valence-corrected chi connectivity index (χ2v) is 17.0. The van der Waals surface area contributed by atoms with Crippen molar-refractivity contribution in [2.75, 3.05) is 18.5 Å². The summed E-state index contributed by atoms with van der Waals surface area (Å²) in [7, 11) is 1.39. The van der Waals surface area contributed by atoms with Crippen molar-refractivity contribution >= 4 is 58.9 Å².